The first-order chi connectivity index (χ1) is 22.1. The lowest BCUT2D eigenvalue weighted by molar-refractivity contribution is 0.0991. The molecule has 0 unspecified atom stereocenters. The molecule has 0 bridgehead atoms. The number of pyridine rings is 1. The minimum Gasteiger partial charge on any atom is -0.491 e. The van der Waals surface area contributed by atoms with Gasteiger partial charge >= 0.3 is 0 Å². The first-order valence-electron chi connectivity index (χ1n) is 14.5. The van der Waals surface area contributed by atoms with E-state index in [-0.39, 0.29) is 29.6 Å². The molecular formula is C30H35N11O5. The molecule has 3 amide bonds. The Morgan fingerprint density at radius 2 is 1.67 bits per heavy atom. The molecule has 1 aromatic carbocycles. The molecule has 16 heteroatoms. The second-order valence-corrected chi connectivity index (χ2v) is 10.4. The first kappa shape index (κ1) is 31.6. The Labute approximate surface area is 263 Å². The van der Waals surface area contributed by atoms with Gasteiger partial charge in [-0.25, -0.2) is 15.0 Å². The number of carbonyl (C=O) groups excluding carboxylic acids is 3. The fraction of sp³-hybridized carbons (Fsp3) is 0.300. The predicted molar refractivity (Wildman–Crippen MR) is 170 cm³/mol. The smallest absolute Gasteiger partial charge is 0.276 e. The average molecular weight is 630 g/mol. The van der Waals surface area contributed by atoms with Crippen molar-refractivity contribution < 1.29 is 23.9 Å². The number of nitrogens with two attached hydrogens (primary N) is 3. The molecule has 0 aliphatic heterocycles. The van der Waals surface area contributed by atoms with E-state index >= 15 is 0 Å². The number of fused-ring (bicyclic) bond motifs is 2. The number of hydrogen-bond acceptors (Lipinski definition) is 10. The van der Waals surface area contributed by atoms with Crippen molar-refractivity contribution in [3.63, 3.8) is 0 Å². The van der Waals surface area contributed by atoms with Crippen LogP contribution in [0.5, 0.6) is 5.75 Å². The van der Waals surface area contributed by atoms with Gasteiger partial charge in [0.2, 0.25) is 23.7 Å². The molecule has 0 fully saturated rings. The number of nitrogens with one attached hydrogen (secondary N) is 1. The zero-order valence-corrected chi connectivity index (χ0v) is 25.7. The maximum atomic E-state index is 13.3. The van der Waals surface area contributed by atoms with Crippen LogP contribution in [0, 0.1) is 6.92 Å². The van der Waals surface area contributed by atoms with E-state index in [1.165, 1.54) is 12.3 Å². The van der Waals surface area contributed by atoms with Gasteiger partial charge in [0, 0.05) is 51.5 Å². The Bertz CT molecular complexity index is 1970. The standard InChI is InChI=1S/C30H35N11O5/c1-4-41-22(12-17(2)38-41)28(44)37-30-36-21-14-19(26(32)43)16-34-27(21)40(30)9-6-5-8-39-24-20(35-29(39)33)13-18(25(31)42)15-23(24)46-11-7-10-45-3/h5-6,12-16H,4,7-11H2,1-3H3,(H2,31,42)(H2,32,43)(H2,33,35)(H,36,37,44)/b6-5+. The van der Waals surface area contributed by atoms with Crippen molar-refractivity contribution in [2.45, 2.75) is 39.9 Å². The summed E-state index contributed by atoms with van der Waals surface area (Å²) in [6.45, 7) is 5.61. The molecule has 0 atom stereocenters. The second-order valence-electron chi connectivity index (χ2n) is 10.4. The number of nitrogen functional groups attached to an aromatic ring is 1. The van der Waals surface area contributed by atoms with Crippen molar-refractivity contribution in [3.8, 4) is 5.75 Å². The van der Waals surface area contributed by atoms with Crippen molar-refractivity contribution in [1.29, 1.82) is 0 Å². The van der Waals surface area contributed by atoms with Gasteiger partial charge in [0.1, 0.15) is 22.5 Å². The van der Waals surface area contributed by atoms with Crippen LogP contribution in [-0.2, 0) is 24.4 Å². The van der Waals surface area contributed by atoms with Gasteiger partial charge in [0.15, 0.2) is 5.65 Å². The van der Waals surface area contributed by atoms with Gasteiger partial charge in [-0.05, 0) is 38.1 Å². The molecule has 0 saturated carbocycles. The quantitative estimate of drug-likeness (QED) is 0.103. The Morgan fingerprint density at radius 3 is 2.37 bits per heavy atom. The zero-order valence-electron chi connectivity index (χ0n) is 25.7. The third-order valence-corrected chi connectivity index (χ3v) is 7.14. The van der Waals surface area contributed by atoms with Gasteiger partial charge in [-0.2, -0.15) is 5.10 Å². The lowest BCUT2D eigenvalue weighted by Crippen LogP contribution is -2.20. The number of allylic oxidation sites excluding steroid dienone is 2. The van der Waals surface area contributed by atoms with Crippen LogP contribution in [0.4, 0.5) is 11.9 Å². The lowest BCUT2D eigenvalue weighted by atomic mass is 10.1. The number of imidazole rings is 2. The molecule has 16 nitrogen and oxygen atoms in total. The number of methoxy groups -OCH3 is 1. The van der Waals surface area contributed by atoms with E-state index in [4.69, 9.17) is 26.7 Å². The highest BCUT2D eigenvalue weighted by atomic mass is 16.5. The fourth-order valence-electron chi connectivity index (χ4n) is 4.98. The molecule has 5 rings (SSSR count). The van der Waals surface area contributed by atoms with E-state index in [9.17, 15) is 14.4 Å². The Morgan fingerprint density at radius 1 is 0.957 bits per heavy atom. The van der Waals surface area contributed by atoms with Crippen LogP contribution in [0.25, 0.3) is 22.2 Å². The van der Waals surface area contributed by atoms with E-state index < -0.39 is 17.7 Å². The summed E-state index contributed by atoms with van der Waals surface area (Å²) < 4.78 is 16.1. The number of hydrogen-bond donors (Lipinski definition) is 4. The first-order valence-corrected chi connectivity index (χ1v) is 14.5. The fourth-order valence-corrected chi connectivity index (χ4v) is 4.98. The summed E-state index contributed by atoms with van der Waals surface area (Å²) in [7, 11) is 1.61. The number of primary amides is 2. The van der Waals surface area contributed by atoms with Crippen molar-refractivity contribution >= 4 is 51.8 Å². The molecule has 0 saturated heterocycles. The number of ether oxygens (including phenoxy) is 2. The number of aryl methyl sites for hydroxylation is 2. The largest absolute Gasteiger partial charge is 0.491 e. The Hall–Kier alpha value is -5.77. The third kappa shape index (κ3) is 6.51. The molecule has 0 aliphatic carbocycles. The van der Waals surface area contributed by atoms with Gasteiger partial charge in [0.25, 0.3) is 5.91 Å². The van der Waals surface area contributed by atoms with Crippen molar-refractivity contribution in [1.82, 2.24) is 33.9 Å². The van der Waals surface area contributed by atoms with Gasteiger partial charge < -0.3 is 31.2 Å². The van der Waals surface area contributed by atoms with Crippen LogP contribution in [-0.4, -0.2) is 71.9 Å². The van der Waals surface area contributed by atoms with Gasteiger partial charge in [-0.15, -0.1) is 0 Å². The predicted octanol–water partition coefficient (Wildman–Crippen LogP) is 2.01. The van der Waals surface area contributed by atoms with Gasteiger partial charge in [0.05, 0.1) is 23.4 Å². The molecule has 4 heterocycles. The van der Waals surface area contributed by atoms with Gasteiger partial charge in [-0.1, -0.05) is 12.2 Å². The number of amides is 3. The van der Waals surface area contributed by atoms with E-state index in [0.29, 0.717) is 72.1 Å². The molecule has 0 aliphatic rings. The summed E-state index contributed by atoms with van der Waals surface area (Å²) in [6.07, 6.45) is 5.71. The molecule has 240 valence electrons. The van der Waals surface area contributed by atoms with Crippen molar-refractivity contribution in [3.05, 3.63) is 65.1 Å². The summed E-state index contributed by atoms with van der Waals surface area (Å²) in [5, 5.41) is 7.20. The van der Waals surface area contributed by atoms with Crippen molar-refractivity contribution in [2.24, 2.45) is 11.5 Å². The maximum absolute atomic E-state index is 13.3. The van der Waals surface area contributed by atoms with Gasteiger partial charge in [-0.3, -0.25) is 28.9 Å². The Balaban J connectivity index is 1.44. The summed E-state index contributed by atoms with van der Waals surface area (Å²) >= 11 is 0. The summed E-state index contributed by atoms with van der Waals surface area (Å²) in [4.78, 5) is 50.3. The van der Waals surface area contributed by atoms with Crippen molar-refractivity contribution in [2.75, 3.05) is 31.4 Å². The highest BCUT2D eigenvalue weighted by Crippen LogP contribution is 2.30. The van der Waals surface area contributed by atoms with Crippen LogP contribution in [0.2, 0.25) is 0 Å². The third-order valence-electron chi connectivity index (χ3n) is 7.14. The molecule has 5 aromatic rings. The van der Waals surface area contributed by atoms with E-state index in [1.54, 1.807) is 39.1 Å². The lowest BCUT2D eigenvalue weighted by Gasteiger charge is -2.11. The summed E-state index contributed by atoms with van der Waals surface area (Å²) in [5.74, 6) is -0.804. The van der Waals surface area contributed by atoms with Crippen LogP contribution in [0.15, 0.2) is 42.6 Å². The number of anilines is 2. The second kappa shape index (κ2) is 13.5. The molecule has 46 heavy (non-hydrogen) atoms. The number of rotatable bonds is 14. The Kier molecular flexibility index (Phi) is 9.27. The highest BCUT2D eigenvalue weighted by Gasteiger charge is 2.20. The number of carbonyl (C=O) groups is 3. The molecule has 0 radical (unpaired) electrons. The number of nitrogens with zero attached hydrogens (tertiary/aromatic N) is 7. The SMILES string of the molecule is CCn1nc(C)cc1C(=O)Nc1nc2cc(C(N)=O)cnc2n1C/C=C/Cn1c(N)nc2cc(C(N)=O)cc(OCCCOC)c21. The van der Waals surface area contributed by atoms with Crippen LogP contribution >= 0.6 is 0 Å². The monoisotopic (exact) mass is 629 g/mol. The van der Waals surface area contributed by atoms with Crippen LogP contribution in [0.1, 0.15) is 50.2 Å². The average Bonchev–Trinajstić information content (AvgIpc) is 3.68. The van der Waals surface area contributed by atoms with Crippen LogP contribution in [0.3, 0.4) is 0 Å². The minimum absolute atomic E-state index is 0.187. The number of aromatic nitrogens is 7. The molecular weight excluding hydrogens is 594 g/mol. The van der Waals surface area contributed by atoms with E-state index in [2.05, 4.69) is 25.4 Å². The summed E-state index contributed by atoms with van der Waals surface area (Å²) in [6, 6.07) is 6.36. The number of benzene rings is 1. The molecule has 4 aromatic heterocycles. The molecule has 7 N–H and O–H groups in total. The van der Waals surface area contributed by atoms with Crippen LogP contribution < -0.4 is 27.3 Å². The topological polar surface area (TPSA) is 226 Å². The maximum Gasteiger partial charge on any atom is 0.276 e. The zero-order chi connectivity index (χ0) is 33.0. The highest BCUT2D eigenvalue weighted by molar-refractivity contribution is 6.03. The summed E-state index contributed by atoms with van der Waals surface area (Å²) in [5.41, 5.74) is 20.7. The van der Waals surface area contributed by atoms with E-state index in [0.717, 1.165) is 0 Å². The molecule has 0 spiro atoms. The minimum atomic E-state index is -0.646. The van der Waals surface area contributed by atoms with E-state index in [1.807, 2.05) is 26.0 Å². The normalized spacial score (nSPS) is 11.5.